The number of ketones is 1. The Morgan fingerprint density at radius 3 is 2.46 bits per heavy atom. The van der Waals surface area contributed by atoms with Gasteiger partial charge in [0, 0.05) is 0 Å². The van der Waals surface area contributed by atoms with Crippen LogP contribution in [0.15, 0.2) is 0 Å². The van der Waals surface area contributed by atoms with Gasteiger partial charge in [0.2, 0.25) is 0 Å². The topological polar surface area (TPSA) is 26.3 Å². The molecule has 2 unspecified atom stereocenters. The summed E-state index contributed by atoms with van der Waals surface area (Å²) in [5.41, 5.74) is -0.369. The van der Waals surface area contributed by atoms with Gasteiger partial charge >= 0.3 is 0 Å². The molecule has 13 heavy (non-hydrogen) atoms. The average Bonchev–Trinajstić information content (AvgIpc) is 2.88. The SMILES string of the molecule is CC(=O)C1(C2CC2)CCC(C)CO1. The van der Waals surface area contributed by atoms with Crippen molar-refractivity contribution in [2.75, 3.05) is 6.61 Å². The molecule has 1 heterocycles. The van der Waals surface area contributed by atoms with E-state index in [2.05, 4.69) is 6.92 Å². The second-order valence-electron chi connectivity index (χ2n) is 4.67. The van der Waals surface area contributed by atoms with Crippen LogP contribution in [0.2, 0.25) is 0 Å². The Morgan fingerprint density at radius 2 is 2.08 bits per heavy atom. The van der Waals surface area contributed by atoms with Crippen molar-refractivity contribution >= 4 is 5.78 Å². The van der Waals surface area contributed by atoms with E-state index in [1.165, 1.54) is 12.8 Å². The summed E-state index contributed by atoms with van der Waals surface area (Å²) in [6.45, 7) is 4.65. The summed E-state index contributed by atoms with van der Waals surface area (Å²) in [4.78, 5) is 11.6. The molecule has 2 nitrogen and oxygen atoms in total. The second-order valence-corrected chi connectivity index (χ2v) is 4.67. The van der Waals surface area contributed by atoms with E-state index in [0.29, 0.717) is 11.8 Å². The van der Waals surface area contributed by atoms with E-state index in [9.17, 15) is 4.79 Å². The minimum atomic E-state index is -0.369. The van der Waals surface area contributed by atoms with Gasteiger partial charge in [-0.3, -0.25) is 4.79 Å². The van der Waals surface area contributed by atoms with Crippen molar-refractivity contribution < 1.29 is 9.53 Å². The molecule has 0 bridgehead atoms. The van der Waals surface area contributed by atoms with Crippen LogP contribution in [0.25, 0.3) is 0 Å². The molecule has 1 saturated heterocycles. The highest BCUT2D eigenvalue weighted by atomic mass is 16.5. The van der Waals surface area contributed by atoms with Crippen molar-refractivity contribution in [3.8, 4) is 0 Å². The van der Waals surface area contributed by atoms with Gasteiger partial charge in [0.05, 0.1) is 6.61 Å². The quantitative estimate of drug-likeness (QED) is 0.654. The number of hydrogen-bond donors (Lipinski definition) is 0. The molecule has 2 fully saturated rings. The van der Waals surface area contributed by atoms with Crippen molar-refractivity contribution in [1.29, 1.82) is 0 Å². The Kier molecular flexibility index (Phi) is 2.18. The van der Waals surface area contributed by atoms with Crippen molar-refractivity contribution in [1.82, 2.24) is 0 Å². The normalized spacial score (nSPS) is 40.3. The molecule has 2 rings (SSSR count). The highest BCUT2D eigenvalue weighted by molar-refractivity contribution is 5.85. The van der Waals surface area contributed by atoms with E-state index < -0.39 is 0 Å². The van der Waals surface area contributed by atoms with Gasteiger partial charge in [0.1, 0.15) is 5.60 Å². The van der Waals surface area contributed by atoms with E-state index in [-0.39, 0.29) is 11.4 Å². The van der Waals surface area contributed by atoms with Crippen LogP contribution in [0.4, 0.5) is 0 Å². The largest absolute Gasteiger partial charge is 0.367 e. The lowest BCUT2D eigenvalue weighted by Gasteiger charge is -2.37. The summed E-state index contributed by atoms with van der Waals surface area (Å²) in [6, 6.07) is 0. The lowest BCUT2D eigenvalue weighted by atomic mass is 9.83. The predicted molar refractivity (Wildman–Crippen MR) is 50.5 cm³/mol. The summed E-state index contributed by atoms with van der Waals surface area (Å²) in [5.74, 6) is 1.42. The highest BCUT2D eigenvalue weighted by Gasteiger charge is 2.51. The maximum absolute atomic E-state index is 11.6. The molecule has 2 heteroatoms. The summed E-state index contributed by atoms with van der Waals surface area (Å²) in [6.07, 6.45) is 4.48. The highest BCUT2D eigenvalue weighted by Crippen LogP contribution is 2.47. The molecule has 2 atom stereocenters. The van der Waals surface area contributed by atoms with Gasteiger partial charge in [0.15, 0.2) is 5.78 Å². The fourth-order valence-electron chi connectivity index (χ4n) is 2.34. The van der Waals surface area contributed by atoms with Gasteiger partial charge < -0.3 is 4.74 Å². The standard InChI is InChI=1S/C11H18O2/c1-8-5-6-11(9(2)12,13-7-8)10-3-4-10/h8,10H,3-7H2,1-2H3. The van der Waals surface area contributed by atoms with Crippen LogP contribution in [-0.4, -0.2) is 18.0 Å². The average molecular weight is 182 g/mol. The third-order valence-corrected chi connectivity index (χ3v) is 3.47. The molecular formula is C11H18O2. The van der Waals surface area contributed by atoms with Crippen LogP contribution in [0.1, 0.15) is 39.5 Å². The molecule has 0 amide bonds. The molecule has 74 valence electrons. The number of carbonyl (C=O) groups is 1. The monoisotopic (exact) mass is 182 g/mol. The zero-order chi connectivity index (χ0) is 9.47. The smallest absolute Gasteiger partial charge is 0.161 e. The van der Waals surface area contributed by atoms with Gasteiger partial charge in [-0.15, -0.1) is 0 Å². The number of carbonyl (C=O) groups excluding carboxylic acids is 1. The summed E-state index contributed by atoms with van der Waals surface area (Å²) in [5, 5.41) is 0. The Morgan fingerprint density at radius 1 is 1.38 bits per heavy atom. The van der Waals surface area contributed by atoms with E-state index in [4.69, 9.17) is 4.74 Å². The van der Waals surface area contributed by atoms with Crippen LogP contribution in [0.5, 0.6) is 0 Å². The zero-order valence-electron chi connectivity index (χ0n) is 8.51. The summed E-state index contributed by atoms with van der Waals surface area (Å²) in [7, 11) is 0. The molecule has 1 saturated carbocycles. The second kappa shape index (κ2) is 3.09. The first-order valence-corrected chi connectivity index (χ1v) is 5.30. The Bertz CT molecular complexity index is 210. The van der Waals surface area contributed by atoms with Crippen molar-refractivity contribution in [3.63, 3.8) is 0 Å². The first-order valence-electron chi connectivity index (χ1n) is 5.30. The van der Waals surface area contributed by atoms with Crippen LogP contribution >= 0.6 is 0 Å². The molecule has 0 N–H and O–H groups in total. The van der Waals surface area contributed by atoms with Crippen molar-refractivity contribution in [2.24, 2.45) is 11.8 Å². The Balaban J connectivity index is 2.10. The molecule has 0 aromatic heterocycles. The lowest BCUT2D eigenvalue weighted by Crippen LogP contribution is -2.46. The third kappa shape index (κ3) is 1.52. The first kappa shape index (κ1) is 9.20. The molecule has 2 aliphatic rings. The Labute approximate surface area is 79.7 Å². The van der Waals surface area contributed by atoms with Crippen LogP contribution in [0, 0.1) is 11.8 Å². The molecule has 0 aromatic carbocycles. The van der Waals surface area contributed by atoms with Gasteiger partial charge in [-0.25, -0.2) is 0 Å². The third-order valence-electron chi connectivity index (χ3n) is 3.47. The number of rotatable bonds is 2. The minimum Gasteiger partial charge on any atom is -0.367 e. The van der Waals surface area contributed by atoms with E-state index >= 15 is 0 Å². The van der Waals surface area contributed by atoms with Gasteiger partial charge in [-0.2, -0.15) is 0 Å². The van der Waals surface area contributed by atoms with Gasteiger partial charge in [-0.1, -0.05) is 6.92 Å². The molecule has 1 aliphatic carbocycles. The Hall–Kier alpha value is -0.370. The zero-order valence-corrected chi connectivity index (χ0v) is 8.51. The molecule has 1 aliphatic heterocycles. The maximum atomic E-state index is 11.6. The van der Waals surface area contributed by atoms with Crippen molar-refractivity contribution in [2.45, 2.75) is 45.1 Å². The fraction of sp³-hybridized carbons (Fsp3) is 0.909. The predicted octanol–water partition coefficient (Wildman–Crippen LogP) is 2.17. The molecule has 0 radical (unpaired) electrons. The molecule has 0 spiro atoms. The maximum Gasteiger partial charge on any atom is 0.161 e. The van der Waals surface area contributed by atoms with Gasteiger partial charge in [-0.05, 0) is 44.4 Å². The number of hydrogen-bond acceptors (Lipinski definition) is 2. The van der Waals surface area contributed by atoms with E-state index in [0.717, 1.165) is 19.4 Å². The van der Waals surface area contributed by atoms with Crippen LogP contribution in [0.3, 0.4) is 0 Å². The van der Waals surface area contributed by atoms with Crippen LogP contribution in [-0.2, 0) is 9.53 Å². The molecule has 0 aromatic rings. The number of ether oxygens (including phenoxy) is 1. The fourth-order valence-corrected chi connectivity index (χ4v) is 2.34. The van der Waals surface area contributed by atoms with Crippen molar-refractivity contribution in [3.05, 3.63) is 0 Å². The summed E-state index contributed by atoms with van der Waals surface area (Å²) < 4.78 is 5.81. The van der Waals surface area contributed by atoms with E-state index in [1.54, 1.807) is 6.92 Å². The molecular weight excluding hydrogens is 164 g/mol. The first-order chi connectivity index (χ1) is 6.15. The minimum absolute atomic E-state index is 0.252. The van der Waals surface area contributed by atoms with Crippen LogP contribution < -0.4 is 0 Å². The van der Waals surface area contributed by atoms with E-state index in [1.807, 2.05) is 0 Å². The lowest BCUT2D eigenvalue weighted by molar-refractivity contribution is -0.157. The van der Waals surface area contributed by atoms with Gasteiger partial charge in [0.25, 0.3) is 0 Å². The summed E-state index contributed by atoms with van der Waals surface area (Å²) >= 11 is 0. The number of Topliss-reactive ketones (excluding diaryl/α,β-unsaturated/α-hetero) is 1.